The number of rotatable bonds is 2. The zero-order chi connectivity index (χ0) is 10.7. The molecule has 0 aromatic heterocycles. The summed E-state index contributed by atoms with van der Waals surface area (Å²) < 4.78 is 4.95. The first-order valence-corrected chi connectivity index (χ1v) is 5.40. The fraction of sp³-hybridized carbons (Fsp3) is 0.909. The summed E-state index contributed by atoms with van der Waals surface area (Å²) >= 11 is 0. The molecule has 1 saturated carbocycles. The van der Waals surface area contributed by atoms with Crippen molar-refractivity contribution in [1.82, 2.24) is 0 Å². The molecule has 0 aliphatic heterocycles. The Bertz CT molecular complexity index is 201. The second kappa shape index (κ2) is 4.67. The Morgan fingerprint density at radius 1 is 1.43 bits per heavy atom. The molecule has 0 spiro atoms. The van der Waals surface area contributed by atoms with E-state index < -0.39 is 6.16 Å². The average Bonchev–Trinajstić information content (AvgIpc) is 2.01. The molecule has 3 nitrogen and oxygen atoms in total. The maximum absolute atomic E-state index is 10.5. The van der Waals surface area contributed by atoms with E-state index in [-0.39, 0.29) is 6.10 Å². The maximum Gasteiger partial charge on any atom is 0.506 e. The molecule has 1 rings (SSSR count). The zero-order valence-electron chi connectivity index (χ0n) is 9.19. The van der Waals surface area contributed by atoms with E-state index in [4.69, 9.17) is 9.84 Å². The maximum atomic E-state index is 10.5. The van der Waals surface area contributed by atoms with Crippen molar-refractivity contribution in [2.45, 2.75) is 46.1 Å². The first-order valence-electron chi connectivity index (χ1n) is 5.40. The lowest BCUT2D eigenvalue weighted by molar-refractivity contribution is -0.0174. The largest absolute Gasteiger partial charge is 0.506 e. The molecule has 3 heteroatoms. The quantitative estimate of drug-likeness (QED) is 0.696. The molecule has 0 heterocycles. The molecular weight excluding hydrogens is 180 g/mol. The van der Waals surface area contributed by atoms with Gasteiger partial charge in [0.1, 0.15) is 6.10 Å². The predicted molar refractivity (Wildman–Crippen MR) is 54.2 cm³/mol. The van der Waals surface area contributed by atoms with Gasteiger partial charge in [0.2, 0.25) is 0 Å². The van der Waals surface area contributed by atoms with Gasteiger partial charge in [-0.2, -0.15) is 0 Å². The van der Waals surface area contributed by atoms with Crippen LogP contribution in [0.1, 0.15) is 40.0 Å². The third-order valence-corrected chi connectivity index (χ3v) is 3.21. The minimum atomic E-state index is -1.13. The standard InChI is InChI=1S/C11H20O3/c1-7(2)9-5-4-8(3)6-10(9)14-11(12)13/h7-10H,4-6H2,1-3H3,(H,12,13)/t8?,9?,10-/m1/s1. The molecule has 0 aromatic rings. The van der Waals surface area contributed by atoms with Crippen LogP contribution >= 0.6 is 0 Å². The van der Waals surface area contributed by atoms with E-state index in [1.54, 1.807) is 0 Å². The SMILES string of the molecule is CC1CCC(C(C)C)[C@H](OC(=O)O)C1. The molecule has 1 aliphatic carbocycles. The average molecular weight is 200 g/mol. The van der Waals surface area contributed by atoms with Crippen LogP contribution in [0, 0.1) is 17.8 Å². The Hall–Kier alpha value is -0.730. The van der Waals surface area contributed by atoms with Crippen molar-refractivity contribution in [3.63, 3.8) is 0 Å². The minimum absolute atomic E-state index is 0.0868. The van der Waals surface area contributed by atoms with Crippen LogP contribution in [0.5, 0.6) is 0 Å². The van der Waals surface area contributed by atoms with Gasteiger partial charge in [0, 0.05) is 0 Å². The van der Waals surface area contributed by atoms with Crippen LogP contribution in [0.15, 0.2) is 0 Å². The van der Waals surface area contributed by atoms with Crippen molar-refractivity contribution in [3.8, 4) is 0 Å². The molecule has 1 fully saturated rings. The van der Waals surface area contributed by atoms with Gasteiger partial charge in [0.05, 0.1) is 0 Å². The molecule has 14 heavy (non-hydrogen) atoms. The second-order valence-electron chi connectivity index (χ2n) is 4.75. The van der Waals surface area contributed by atoms with Crippen molar-refractivity contribution in [2.75, 3.05) is 0 Å². The molecule has 2 unspecified atom stereocenters. The Morgan fingerprint density at radius 2 is 2.07 bits per heavy atom. The van der Waals surface area contributed by atoms with Crippen LogP contribution in [0.25, 0.3) is 0 Å². The van der Waals surface area contributed by atoms with E-state index in [0.29, 0.717) is 17.8 Å². The van der Waals surface area contributed by atoms with E-state index in [2.05, 4.69) is 20.8 Å². The summed E-state index contributed by atoms with van der Waals surface area (Å²) in [5.41, 5.74) is 0. The second-order valence-corrected chi connectivity index (χ2v) is 4.75. The fourth-order valence-corrected chi connectivity index (χ4v) is 2.38. The Kier molecular flexibility index (Phi) is 3.78. The Labute approximate surface area is 85.5 Å². The van der Waals surface area contributed by atoms with Crippen LogP contribution in [-0.2, 0) is 4.74 Å². The van der Waals surface area contributed by atoms with E-state index in [1.165, 1.54) is 6.42 Å². The molecule has 0 amide bonds. The first kappa shape index (κ1) is 11.3. The molecule has 3 atom stereocenters. The summed E-state index contributed by atoms with van der Waals surface area (Å²) in [6.45, 7) is 6.44. The topological polar surface area (TPSA) is 46.5 Å². The molecule has 1 N–H and O–H groups in total. The van der Waals surface area contributed by atoms with Crippen LogP contribution < -0.4 is 0 Å². The van der Waals surface area contributed by atoms with Crippen LogP contribution in [0.3, 0.4) is 0 Å². The minimum Gasteiger partial charge on any atom is -0.450 e. The summed E-state index contributed by atoms with van der Waals surface area (Å²) in [7, 11) is 0. The number of carboxylic acid groups (broad SMARTS) is 1. The van der Waals surface area contributed by atoms with Crippen molar-refractivity contribution in [2.24, 2.45) is 17.8 Å². The highest BCUT2D eigenvalue weighted by atomic mass is 16.7. The van der Waals surface area contributed by atoms with E-state index >= 15 is 0 Å². The number of hydrogen-bond donors (Lipinski definition) is 1. The fourth-order valence-electron chi connectivity index (χ4n) is 2.38. The molecule has 0 bridgehead atoms. The van der Waals surface area contributed by atoms with Crippen LogP contribution in [0.4, 0.5) is 4.79 Å². The van der Waals surface area contributed by atoms with Crippen molar-refractivity contribution < 1.29 is 14.6 Å². The smallest absolute Gasteiger partial charge is 0.450 e. The van der Waals surface area contributed by atoms with Gasteiger partial charge in [-0.05, 0) is 30.6 Å². The lowest BCUT2D eigenvalue weighted by Gasteiger charge is -2.35. The molecule has 1 aliphatic rings. The van der Waals surface area contributed by atoms with Gasteiger partial charge in [0.15, 0.2) is 0 Å². The van der Waals surface area contributed by atoms with Crippen molar-refractivity contribution >= 4 is 6.16 Å². The highest BCUT2D eigenvalue weighted by molar-refractivity contribution is 5.57. The van der Waals surface area contributed by atoms with Crippen molar-refractivity contribution in [3.05, 3.63) is 0 Å². The molecule has 0 saturated heterocycles. The Morgan fingerprint density at radius 3 is 2.57 bits per heavy atom. The van der Waals surface area contributed by atoms with Gasteiger partial charge in [-0.15, -0.1) is 0 Å². The van der Waals surface area contributed by atoms with Gasteiger partial charge in [0.25, 0.3) is 0 Å². The van der Waals surface area contributed by atoms with Gasteiger partial charge in [-0.1, -0.05) is 27.2 Å². The van der Waals surface area contributed by atoms with E-state index in [0.717, 1.165) is 12.8 Å². The molecule has 0 aromatic carbocycles. The van der Waals surface area contributed by atoms with Crippen LogP contribution in [-0.4, -0.2) is 17.4 Å². The Balaban J connectivity index is 2.58. The van der Waals surface area contributed by atoms with Crippen molar-refractivity contribution in [1.29, 1.82) is 0 Å². The number of ether oxygens (including phenoxy) is 1. The summed E-state index contributed by atoms with van der Waals surface area (Å²) in [5, 5.41) is 8.63. The molecular formula is C11H20O3. The van der Waals surface area contributed by atoms with Gasteiger partial charge >= 0.3 is 6.16 Å². The lowest BCUT2D eigenvalue weighted by atomic mass is 9.75. The summed E-state index contributed by atoms with van der Waals surface area (Å²) in [6.07, 6.45) is 1.96. The first-order chi connectivity index (χ1) is 6.50. The summed E-state index contributed by atoms with van der Waals surface area (Å²) in [5.74, 6) is 1.50. The lowest BCUT2D eigenvalue weighted by Crippen LogP contribution is -2.35. The third kappa shape index (κ3) is 2.89. The zero-order valence-corrected chi connectivity index (χ0v) is 9.19. The van der Waals surface area contributed by atoms with E-state index in [9.17, 15) is 4.79 Å². The van der Waals surface area contributed by atoms with Gasteiger partial charge in [-0.3, -0.25) is 0 Å². The number of carbonyl (C=O) groups is 1. The third-order valence-electron chi connectivity index (χ3n) is 3.21. The molecule has 82 valence electrons. The van der Waals surface area contributed by atoms with Crippen LogP contribution in [0.2, 0.25) is 0 Å². The summed E-state index contributed by atoms with van der Waals surface area (Å²) in [4.78, 5) is 10.5. The predicted octanol–water partition coefficient (Wildman–Crippen LogP) is 3.14. The number of hydrogen-bond acceptors (Lipinski definition) is 2. The highest BCUT2D eigenvalue weighted by Crippen LogP contribution is 2.35. The van der Waals surface area contributed by atoms with E-state index in [1.807, 2.05) is 0 Å². The van der Waals surface area contributed by atoms with Gasteiger partial charge in [-0.25, -0.2) is 4.79 Å². The normalized spacial score (nSPS) is 33.0. The van der Waals surface area contributed by atoms with Gasteiger partial charge < -0.3 is 9.84 Å². The molecule has 0 radical (unpaired) electrons. The highest BCUT2D eigenvalue weighted by Gasteiger charge is 2.33. The summed E-state index contributed by atoms with van der Waals surface area (Å²) in [6, 6.07) is 0. The monoisotopic (exact) mass is 200 g/mol.